The summed E-state index contributed by atoms with van der Waals surface area (Å²) in [5, 5.41) is 0.591. The molecule has 0 unspecified atom stereocenters. The molecule has 0 atom stereocenters. The van der Waals surface area contributed by atoms with Crippen molar-refractivity contribution in [3.05, 3.63) is 52.0 Å². The SMILES string of the molecule is CS(=O)(=O)N1CCN(C(=O)Cn2cnc(-c3ccc(Cl)cc3)cc2=O)CC1. The zero-order valence-corrected chi connectivity index (χ0v) is 16.3. The highest BCUT2D eigenvalue weighted by atomic mass is 35.5. The number of rotatable bonds is 4. The third-order valence-corrected chi connectivity index (χ3v) is 5.94. The van der Waals surface area contributed by atoms with Crippen LogP contribution >= 0.6 is 11.6 Å². The number of carbonyl (C=O) groups is 1. The smallest absolute Gasteiger partial charge is 0.254 e. The normalized spacial score (nSPS) is 15.7. The van der Waals surface area contributed by atoms with Gasteiger partial charge in [0.1, 0.15) is 6.54 Å². The molecule has 8 nitrogen and oxygen atoms in total. The molecule has 0 radical (unpaired) electrons. The minimum absolute atomic E-state index is 0.133. The van der Waals surface area contributed by atoms with Crippen LogP contribution in [0.2, 0.25) is 5.02 Å². The van der Waals surface area contributed by atoms with Crippen LogP contribution in [0.1, 0.15) is 0 Å². The van der Waals surface area contributed by atoms with Crippen molar-refractivity contribution in [2.45, 2.75) is 6.54 Å². The van der Waals surface area contributed by atoms with E-state index >= 15 is 0 Å². The van der Waals surface area contributed by atoms with E-state index in [2.05, 4.69) is 4.98 Å². The van der Waals surface area contributed by atoms with E-state index in [1.165, 1.54) is 21.3 Å². The van der Waals surface area contributed by atoms with E-state index < -0.39 is 10.0 Å². The summed E-state index contributed by atoms with van der Waals surface area (Å²) in [5.41, 5.74) is 0.923. The molecule has 0 aliphatic carbocycles. The van der Waals surface area contributed by atoms with Crippen molar-refractivity contribution in [3.63, 3.8) is 0 Å². The standard InChI is InChI=1S/C17H19ClN4O4S/c1-27(25,26)22-8-6-20(7-9-22)17(24)11-21-12-19-15(10-16(21)23)13-2-4-14(18)5-3-13/h2-5,10,12H,6-9,11H2,1H3. The van der Waals surface area contributed by atoms with Gasteiger partial charge in [-0.05, 0) is 12.1 Å². The van der Waals surface area contributed by atoms with Gasteiger partial charge in [0.15, 0.2) is 0 Å². The van der Waals surface area contributed by atoms with Crippen LogP contribution in [-0.4, -0.2) is 65.5 Å². The van der Waals surface area contributed by atoms with Gasteiger partial charge >= 0.3 is 0 Å². The Bertz CT molecular complexity index is 996. The fraction of sp³-hybridized carbons (Fsp3) is 0.353. The zero-order chi connectivity index (χ0) is 19.6. The molecule has 0 saturated carbocycles. The minimum atomic E-state index is -3.25. The number of halogens is 1. The van der Waals surface area contributed by atoms with Gasteiger partial charge in [-0.15, -0.1) is 0 Å². The summed E-state index contributed by atoms with van der Waals surface area (Å²) in [5.74, 6) is -0.244. The summed E-state index contributed by atoms with van der Waals surface area (Å²) < 4.78 is 25.6. The van der Waals surface area contributed by atoms with Crippen molar-refractivity contribution < 1.29 is 13.2 Å². The number of nitrogens with zero attached hydrogens (tertiary/aromatic N) is 4. The molecule has 0 bridgehead atoms. The second-order valence-electron chi connectivity index (χ2n) is 6.29. The molecule has 1 aromatic carbocycles. The largest absolute Gasteiger partial charge is 0.338 e. The average Bonchev–Trinajstić information content (AvgIpc) is 2.63. The molecular formula is C17H19ClN4O4S. The Morgan fingerprint density at radius 1 is 1.15 bits per heavy atom. The van der Waals surface area contributed by atoms with Gasteiger partial charge in [0.2, 0.25) is 15.9 Å². The number of sulfonamides is 1. The summed E-state index contributed by atoms with van der Waals surface area (Å²) in [4.78, 5) is 30.5. The number of hydrogen-bond acceptors (Lipinski definition) is 5. The maximum Gasteiger partial charge on any atom is 0.254 e. The quantitative estimate of drug-likeness (QED) is 0.738. The fourth-order valence-corrected chi connectivity index (χ4v) is 3.79. The van der Waals surface area contributed by atoms with Gasteiger partial charge in [-0.3, -0.25) is 14.2 Å². The number of hydrogen-bond donors (Lipinski definition) is 0. The molecule has 1 aliphatic rings. The summed E-state index contributed by atoms with van der Waals surface area (Å²) in [7, 11) is -3.25. The molecular weight excluding hydrogens is 392 g/mol. The van der Waals surface area contributed by atoms with Gasteiger partial charge in [0, 0.05) is 42.8 Å². The van der Waals surface area contributed by atoms with Crippen molar-refractivity contribution in [1.82, 2.24) is 18.8 Å². The molecule has 2 heterocycles. The zero-order valence-electron chi connectivity index (χ0n) is 14.7. The predicted molar refractivity (Wildman–Crippen MR) is 102 cm³/mol. The molecule has 1 saturated heterocycles. The lowest BCUT2D eigenvalue weighted by molar-refractivity contribution is -0.133. The Morgan fingerprint density at radius 3 is 2.33 bits per heavy atom. The molecule has 144 valence electrons. The molecule has 27 heavy (non-hydrogen) atoms. The lowest BCUT2D eigenvalue weighted by Gasteiger charge is -2.33. The topological polar surface area (TPSA) is 92.6 Å². The van der Waals surface area contributed by atoms with E-state index in [1.54, 1.807) is 29.2 Å². The van der Waals surface area contributed by atoms with Gasteiger partial charge < -0.3 is 4.90 Å². The van der Waals surface area contributed by atoms with Gasteiger partial charge in [0.25, 0.3) is 5.56 Å². The van der Waals surface area contributed by atoms with Gasteiger partial charge in [-0.1, -0.05) is 23.7 Å². The number of benzene rings is 1. The lowest BCUT2D eigenvalue weighted by atomic mass is 10.1. The van der Waals surface area contributed by atoms with Crippen molar-refractivity contribution in [3.8, 4) is 11.3 Å². The van der Waals surface area contributed by atoms with Gasteiger partial charge in [-0.25, -0.2) is 13.4 Å². The van der Waals surface area contributed by atoms with Crippen LogP contribution in [0.5, 0.6) is 0 Å². The Balaban J connectivity index is 1.67. The summed E-state index contributed by atoms with van der Waals surface area (Å²) in [6.07, 6.45) is 2.49. The van der Waals surface area contributed by atoms with Crippen molar-refractivity contribution >= 4 is 27.5 Å². The first-order valence-corrected chi connectivity index (χ1v) is 10.5. The monoisotopic (exact) mass is 410 g/mol. The molecule has 0 spiro atoms. The van der Waals surface area contributed by atoms with E-state index in [0.29, 0.717) is 23.8 Å². The molecule has 1 aromatic heterocycles. The predicted octanol–water partition coefficient (Wildman–Crippen LogP) is 0.668. The van der Waals surface area contributed by atoms with Crippen molar-refractivity contribution in [1.29, 1.82) is 0 Å². The van der Waals surface area contributed by atoms with Crippen LogP contribution in [0.4, 0.5) is 0 Å². The molecule has 0 N–H and O–H groups in total. The summed E-state index contributed by atoms with van der Waals surface area (Å²) in [6, 6.07) is 8.33. The Kier molecular flexibility index (Phi) is 5.64. The van der Waals surface area contributed by atoms with E-state index in [4.69, 9.17) is 11.6 Å². The highest BCUT2D eigenvalue weighted by molar-refractivity contribution is 7.88. The van der Waals surface area contributed by atoms with Crippen molar-refractivity contribution in [2.75, 3.05) is 32.4 Å². The van der Waals surface area contributed by atoms with E-state index in [-0.39, 0.29) is 31.1 Å². The molecule has 1 amide bonds. The third-order valence-electron chi connectivity index (χ3n) is 4.39. The Morgan fingerprint density at radius 2 is 1.78 bits per heavy atom. The highest BCUT2D eigenvalue weighted by Gasteiger charge is 2.26. The van der Waals surface area contributed by atoms with Crippen LogP contribution in [0.15, 0.2) is 41.5 Å². The van der Waals surface area contributed by atoms with Gasteiger partial charge in [-0.2, -0.15) is 4.31 Å². The van der Waals surface area contributed by atoms with Crippen LogP contribution < -0.4 is 5.56 Å². The van der Waals surface area contributed by atoms with Crippen LogP contribution in [0.3, 0.4) is 0 Å². The fourth-order valence-electron chi connectivity index (χ4n) is 2.84. The third kappa shape index (κ3) is 4.74. The summed E-state index contributed by atoms with van der Waals surface area (Å²) in [6.45, 7) is 0.986. The maximum absolute atomic E-state index is 12.4. The van der Waals surface area contributed by atoms with E-state index in [0.717, 1.165) is 11.8 Å². The first-order valence-electron chi connectivity index (χ1n) is 8.29. The van der Waals surface area contributed by atoms with Gasteiger partial charge in [0.05, 0.1) is 18.3 Å². The van der Waals surface area contributed by atoms with E-state index in [1.807, 2.05) is 0 Å². The first kappa shape index (κ1) is 19.5. The number of piperazine rings is 1. The maximum atomic E-state index is 12.4. The average molecular weight is 411 g/mol. The van der Waals surface area contributed by atoms with Crippen LogP contribution in [-0.2, 0) is 21.4 Å². The summed E-state index contributed by atoms with van der Waals surface area (Å²) >= 11 is 5.86. The minimum Gasteiger partial charge on any atom is -0.338 e. The molecule has 3 rings (SSSR count). The number of carbonyl (C=O) groups excluding carboxylic acids is 1. The molecule has 2 aromatic rings. The second-order valence-corrected chi connectivity index (χ2v) is 8.71. The second kappa shape index (κ2) is 7.79. The Hall–Kier alpha value is -2.23. The molecule has 1 aliphatic heterocycles. The first-order chi connectivity index (χ1) is 12.7. The number of amides is 1. The van der Waals surface area contributed by atoms with Crippen LogP contribution in [0.25, 0.3) is 11.3 Å². The van der Waals surface area contributed by atoms with E-state index in [9.17, 15) is 18.0 Å². The lowest BCUT2D eigenvalue weighted by Crippen LogP contribution is -2.51. The van der Waals surface area contributed by atoms with Crippen LogP contribution in [0, 0.1) is 0 Å². The Labute approximate surface area is 162 Å². The molecule has 1 fully saturated rings. The highest BCUT2D eigenvalue weighted by Crippen LogP contribution is 2.18. The van der Waals surface area contributed by atoms with Crippen molar-refractivity contribution in [2.24, 2.45) is 0 Å². The molecule has 10 heteroatoms. The number of aromatic nitrogens is 2.